The van der Waals surface area contributed by atoms with Gasteiger partial charge >= 0.3 is 5.97 Å². The minimum atomic E-state index is -0.368. The summed E-state index contributed by atoms with van der Waals surface area (Å²) in [5, 5.41) is 7.76. The molecular formula is C12H14N4O2. The highest BCUT2D eigenvalue weighted by molar-refractivity contribution is 5.89. The van der Waals surface area contributed by atoms with Gasteiger partial charge in [-0.25, -0.2) is 14.3 Å². The van der Waals surface area contributed by atoms with Crippen LogP contribution in [0.1, 0.15) is 35.1 Å². The lowest BCUT2D eigenvalue weighted by Crippen LogP contribution is -2.14. The summed E-state index contributed by atoms with van der Waals surface area (Å²) in [4.78, 5) is 15.9. The van der Waals surface area contributed by atoms with E-state index in [9.17, 15) is 4.79 Å². The molecule has 0 aliphatic carbocycles. The number of hydrogen-bond donors (Lipinski definition) is 1. The first kappa shape index (κ1) is 11.2. The van der Waals surface area contributed by atoms with Crippen LogP contribution in [0, 0.1) is 0 Å². The van der Waals surface area contributed by atoms with Crippen LogP contribution in [0.2, 0.25) is 0 Å². The first-order chi connectivity index (χ1) is 8.78. The Labute approximate surface area is 104 Å². The minimum Gasteiger partial charge on any atom is -0.465 e. The van der Waals surface area contributed by atoms with Crippen LogP contribution in [0.4, 0.5) is 0 Å². The largest absolute Gasteiger partial charge is 0.465 e. The number of nitrogens with zero attached hydrogens (tertiary/aromatic N) is 3. The second-order valence-corrected chi connectivity index (χ2v) is 4.33. The lowest BCUT2D eigenvalue weighted by atomic mass is 10.2. The molecule has 3 rings (SSSR count). The fourth-order valence-corrected chi connectivity index (χ4v) is 2.19. The molecule has 3 heterocycles. The molecule has 0 saturated carbocycles. The molecule has 18 heavy (non-hydrogen) atoms. The van der Waals surface area contributed by atoms with Gasteiger partial charge in [-0.2, -0.15) is 0 Å². The number of rotatable bonds is 2. The van der Waals surface area contributed by atoms with Gasteiger partial charge in [0, 0.05) is 6.20 Å². The maximum Gasteiger partial charge on any atom is 0.339 e. The van der Waals surface area contributed by atoms with Gasteiger partial charge in [0.1, 0.15) is 0 Å². The number of fused-ring (bicyclic) bond motifs is 1. The van der Waals surface area contributed by atoms with Crippen LogP contribution in [0.3, 0.4) is 0 Å². The average molecular weight is 246 g/mol. The molecule has 94 valence electrons. The zero-order valence-corrected chi connectivity index (χ0v) is 10.1. The van der Waals surface area contributed by atoms with Crippen molar-refractivity contribution in [3.05, 3.63) is 29.7 Å². The van der Waals surface area contributed by atoms with Crippen molar-refractivity contribution < 1.29 is 9.53 Å². The lowest BCUT2D eigenvalue weighted by molar-refractivity contribution is 0.0600. The zero-order valence-electron chi connectivity index (χ0n) is 10.1. The summed E-state index contributed by atoms with van der Waals surface area (Å²) in [5.41, 5.74) is 1.21. The maximum absolute atomic E-state index is 11.4. The number of ether oxygens (including phenoxy) is 1. The number of carbonyl (C=O) groups excluding carboxylic acids is 1. The number of aromatic nitrogens is 3. The maximum atomic E-state index is 11.4. The second kappa shape index (κ2) is 4.38. The molecular weight excluding hydrogens is 232 g/mol. The molecule has 1 aliphatic rings. The van der Waals surface area contributed by atoms with Gasteiger partial charge in [0.05, 0.1) is 18.7 Å². The van der Waals surface area contributed by atoms with Crippen LogP contribution >= 0.6 is 0 Å². The van der Waals surface area contributed by atoms with Gasteiger partial charge in [-0.15, -0.1) is 5.10 Å². The van der Waals surface area contributed by atoms with E-state index in [0.717, 1.165) is 30.9 Å². The molecule has 0 bridgehead atoms. The van der Waals surface area contributed by atoms with Crippen LogP contribution in [0.5, 0.6) is 0 Å². The summed E-state index contributed by atoms with van der Waals surface area (Å²) < 4.78 is 6.31. The Balaban J connectivity index is 1.98. The topological polar surface area (TPSA) is 68.5 Å². The molecule has 0 radical (unpaired) electrons. The van der Waals surface area contributed by atoms with Gasteiger partial charge in [0.15, 0.2) is 11.5 Å². The molecule has 1 atom stereocenters. The molecule has 1 saturated heterocycles. The Morgan fingerprint density at radius 1 is 1.56 bits per heavy atom. The van der Waals surface area contributed by atoms with Gasteiger partial charge in [0.25, 0.3) is 0 Å². The predicted molar refractivity (Wildman–Crippen MR) is 64.3 cm³/mol. The molecule has 2 aromatic rings. The molecule has 2 aromatic heterocycles. The van der Waals surface area contributed by atoms with Crippen LogP contribution in [0.25, 0.3) is 5.65 Å². The Morgan fingerprint density at radius 2 is 2.44 bits per heavy atom. The molecule has 1 aliphatic heterocycles. The molecule has 6 heteroatoms. The van der Waals surface area contributed by atoms with Crippen LogP contribution in [-0.2, 0) is 4.74 Å². The van der Waals surface area contributed by atoms with Crippen molar-refractivity contribution in [1.82, 2.24) is 19.9 Å². The van der Waals surface area contributed by atoms with E-state index in [1.54, 1.807) is 22.8 Å². The Bertz CT molecular complexity index is 587. The van der Waals surface area contributed by atoms with Crippen molar-refractivity contribution >= 4 is 11.6 Å². The summed E-state index contributed by atoms with van der Waals surface area (Å²) in [7, 11) is 1.36. The average Bonchev–Trinajstić information content (AvgIpc) is 3.04. The lowest BCUT2D eigenvalue weighted by Gasteiger charge is -2.02. The summed E-state index contributed by atoms with van der Waals surface area (Å²) in [6.45, 7) is 1.01. The molecule has 1 unspecified atom stereocenters. The van der Waals surface area contributed by atoms with E-state index in [1.807, 2.05) is 0 Å². The molecule has 1 N–H and O–H groups in total. The zero-order chi connectivity index (χ0) is 12.5. The first-order valence-corrected chi connectivity index (χ1v) is 5.96. The van der Waals surface area contributed by atoms with E-state index < -0.39 is 0 Å². The van der Waals surface area contributed by atoms with Crippen LogP contribution in [0.15, 0.2) is 18.3 Å². The summed E-state index contributed by atoms with van der Waals surface area (Å²) >= 11 is 0. The third-order valence-electron chi connectivity index (χ3n) is 3.14. The van der Waals surface area contributed by atoms with Gasteiger partial charge in [0.2, 0.25) is 0 Å². The highest BCUT2D eigenvalue weighted by atomic mass is 16.5. The van der Waals surface area contributed by atoms with Crippen LogP contribution in [-0.4, -0.2) is 34.2 Å². The van der Waals surface area contributed by atoms with Crippen molar-refractivity contribution in [3.63, 3.8) is 0 Å². The van der Waals surface area contributed by atoms with E-state index in [0.29, 0.717) is 5.56 Å². The fraction of sp³-hybridized carbons (Fsp3) is 0.417. The monoisotopic (exact) mass is 246 g/mol. The standard InChI is InChI=1S/C12H14N4O2/c1-18-12(17)8-4-5-10-14-11(15-16(10)7-8)9-3-2-6-13-9/h4-5,7,9,13H,2-3,6H2,1H3. The molecule has 0 amide bonds. The number of pyridine rings is 1. The van der Waals surface area contributed by atoms with E-state index >= 15 is 0 Å². The molecule has 1 fully saturated rings. The van der Waals surface area contributed by atoms with Gasteiger partial charge in [-0.1, -0.05) is 0 Å². The highest BCUT2D eigenvalue weighted by Crippen LogP contribution is 2.20. The fourth-order valence-electron chi connectivity index (χ4n) is 2.19. The van der Waals surface area contributed by atoms with Crippen molar-refractivity contribution in [2.75, 3.05) is 13.7 Å². The number of esters is 1. The predicted octanol–water partition coefficient (Wildman–Crippen LogP) is 0.940. The SMILES string of the molecule is COC(=O)c1ccc2nc(C3CCCN3)nn2c1. The Hall–Kier alpha value is -1.95. The molecule has 0 spiro atoms. The quantitative estimate of drug-likeness (QED) is 0.799. The number of hydrogen-bond acceptors (Lipinski definition) is 5. The third-order valence-corrected chi connectivity index (χ3v) is 3.14. The second-order valence-electron chi connectivity index (χ2n) is 4.33. The Kier molecular flexibility index (Phi) is 2.71. The van der Waals surface area contributed by atoms with Gasteiger partial charge in [-0.05, 0) is 31.5 Å². The summed E-state index contributed by atoms with van der Waals surface area (Å²) in [5.74, 6) is 0.419. The normalized spacial score (nSPS) is 19.3. The van der Waals surface area contributed by atoms with E-state index in [-0.39, 0.29) is 12.0 Å². The summed E-state index contributed by atoms with van der Waals surface area (Å²) in [6.07, 6.45) is 3.85. The number of nitrogens with one attached hydrogen (secondary N) is 1. The summed E-state index contributed by atoms with van der Waals surface area (Å²) in [6, 6.07) is 3.70. The number of methoxy groups -OCH3 is 1. The van der Waals surface area contributed by atoms with Gasteiger partial charge < -0.3 is 10.1 Å². The third kappa shape index (κ3) is 1.84. The van der Waals surface area contributed by atoms with Crippen LogP contribution < -0.4 is 5.32 Å². The van der Waals surface area contributed by atoms with E-state index in [4.69, 9.17) is 0 Å². The smallest absolute Gasteiger partial charge is 0.339 e. The van der Waals surface area contributed by atoms with Crippen molar-refractivity contribution in [3.8, 4) is 0 Å². The van der Waals surface area contributed by atoms with Crippen molar-refractivity contribution in [1.29, 1.82) is 0 Å². The van der Waals surface area contributed by atoms with E-state index in [1.165, 1.54) is 7.11 Å². The van der Waals surface area contributed by atoms with Gasteiger partial charge in [-0.3, -0.25) is 0 Å². The Morgan fingerprint density at radius 3 is 3.17 bits per heavy atom. The molecule has 0 aromatic carbocycles. The van der Waals surface area contributed by atoms with E-state index in [2.05, 4.69) is 20.1 Å². The van der Waals surface area contributed by atoms with Crippen molar-refractivity contribution in [2.24, 2.45) is 0 Å². The first-order valence-electron chi connectivity index (χ1n) is 5.96. The number of carbonyl (C=O) groups is 1. The minimum absolute atomic E-state index is 0.228. The van der Waals surface area contributed by atoms with Crippen molar-refractivity contribution in [2.45, 2.75) is 18.9 Å². The molecule has 6 nitrogen and oxygen atoms in total. The highest BCUT2D eigenvalue weighted by Gasteiger charge is 2.20.